The third-order valence-electron chi connectivity index (χ3n) is 4.71. The molecule has 3 rings (SSSR count). The fraction of sp³-hybridized carbons (Fsp3) is 0.500. The van der Waals surface area contributed by atoms with Gasteiger partial charge in [-0.2, -0.15) is 0 Å². The molecule has 0 bridgehead atoms. The fourth-order valence-electron chi connectivity index (χ4n) is 3.45. The van der Waals surface area contributed by atoms with Gasteiger partial charge < -0.3 is 19.2 Å². The van der Waals surface area contributed by atoms with Crippen molar-refractivity contribution in [1.29, 1.82) is 0 Å². The average Bonchev–Trinajstić information content (AvgIpc) is 3.16. The van der Waals surface area contributed by atoms with Crippen LogP contribution in [0, 0.1) is 11.8 Å². The number of rotatable bonds is 4. The quantitative estimate of drug-likeness (QED) is 0.749. The number of fused-ring (bicyclic) bond motifs is 1. The summed E-state index contributed by atoms with van der Waals surface area (Å²) >= 11 is 3.43. The summed E-state index contributed by atoms with van der Waals surface area (Å²) in [6.07, 6.45) is 0.555. The monoisotopic (exact) mass is 437 g/mol. The molecule has 7 heteroatoms. The number of hydrogen-bond acceptors (Lipinski definition) is 4. The Morgan fingerprint density at radius 1 is 1.37 bits per heavy atom. The summed E-state index contributed by atoms with van der Waals surface area (Å²) in [4.78, 5) is 25.7. The predicted octanol–water partition coefficient (Wildman–Crippen LogP) is 4.70. The average molecular weight is 438 g/mol. The number of benzene rings is 1. The minimum Gasteiger partial charge on any atom is -0.481 e. The normalized spacial score (nSPS) is 18.7. The molecule has 1 fully saturated rings. The molecule has 1 aromatic carbocycles. The third-order valence-corrected chi connectivity index (χ3v) is 5.21. The van der Waals surface area contributed by atoms with Gasteiger partial charge in [0.1, 0.15) is 16.9 Å². The lowest BCUT2D eigenvalue weighted by atomic mass is 9.88. The number of likely N-dealkylation sites (tertiary alicyclic amines) is 1. The third kappa shape index (κ3) is 4.83. The Morgan fingerprint density at radius 3 is 2.78 bits per heavy atom. The smallest absolute Gasteiger partial charge is 0.410 e. The van der Waals surface area contributed by atoms with Crippen molar-refractivity contribution >= 4 is 39.0 Å². The molecule has 0 unspecified atom stereocenters. The molecule has 0 saturated carbocycles. The van der Waals surface area contributed by atoms with Crippen LogP contribution in [0.5, 0.6) is 0 Å². The summed E-state index contributed by atoms with van der Waals surface area (Å²) in [6, 6.07) is 7.58. The van der Waals surface area contributed by atoms with Crippen LogP contribution in [0.1, 0.15) is 33.0 Å². The van der Waals surface area contributed by atoms with Crippen LogP contribution in [0.15, 0.2) is 33.2 Å². The maximum atomic E-state index is 12.2. The van der Waals surface area contributed by atoms with Crippen molar-refractivity contribution in [1.82, 2.24) is 4.90 Å². The summed E-state index contributed by atoms with van der Waals surface area (Å²) in [5, 5.41) is 10.7. The molecule has 2 aromatic rings. The SMILES string of the molecule is CC(C)(C)OC(=O)N1CC[C@H]([C@H](Cc2cc3cc(Br)ccc3o2)C(=O)O)C1. The van der Waals surface area contributed by atoms with E-state index in [1.54, 1.807) is 4.90 Å². The first kappa shape index (κ1) is 19.7. The van der Waals surface area contributed by atoms with Crippen LogP contribution in [-0.4, -0.2) is 40.8 Å². The van der Waals surface area contributed by atoms with Gasteiger partial charge in [0.2, 0.25) is 0 Å². The number of amides is 1. The number of aliphatic carboxylic acids is 1. The van der Waals surface area contributed by atoms with Gasteiger partial charge in [0.05, 0.1) is 5.92 Å². The Morgan fingerprint density at radius 2 is 2.11 bits per heavy atom. The Balaban J connectivity index is 1.70. The van der Waals surface area contributed by atoms with Crippen molar-refractivity contribution in [2.75, 3.05) is 13.1 Å². The van der Waals surface area contributed by atoms with Gasteiger partial charge in [-0.25, -0.2) is 4.79 Å². The lowest BCUT2D eigenvalue weighted by Gasteiger charge is -2.25. The minimum atomic E-state index is -0.868. The summed E-state index contributed by atoms with van der Waals surface area (Å²) < 4.78 is 12.2. The molecule has 0 spiro atoms. The molecular formula is C20H24BrNO5. The van der Waals surface area contributed by atoms with E-state index in [2.05, 4.69) is 15.9 Å². The van der Waals surface area contributed by atoms with E-state index in [0.29, 0.717) is 31.7 Å². The second-order valence-electron chi connectivity index (χ2n) is 8.02. The van der Waals surface area contributed by atoms with E-state index >= 15 is 0 Å². The van der Waals surface area contributed by atoms with Crippen LogP contribution in [0.4, 0.5) is 4.79 Å². The van der Waals surface area contributed by atoms with E-state index < -0.39 is 17.5 Å². The van der Waals surface area contributed by atoms with Crippen molar-refractivity contribution in [3.05, 3.63) is 34.5 Å². The Bertz CT molecular complexity index is 854. The second kappa shape index (κ2) is 7.54. The van der Waals surface area contributed by atoms with Crippen molar-refractivity contribution in [3.63, 3.8) is 0 Å². The highest BCUT2D eigenvalue weighted by molar-refractivity contribution is 9.10. The fourth-order valence-corrected chi connectivity index (χ4v) is 3.83. The molecule has 2 heterocycles. The Hall–Kier alpha value is -2.02. The number of hydrogen-bond donors (Lipinski definition) is 1. The Labute approximate surface area is 166 Å². The molecule has 27 heavy (non-hydrogen) atoms. The van der Waals surface area contributed by atoms with E-state index in [9.17, 15) is 14.7 Å². The lowest BCUT2D eigenvalue weighted by Crippen LogP contribution is -2.36. The van der Waals surface area contributed by atoms with Gasteiger partial charge in [-0.05, 0) is 57.4 Å². The molecule has 1 saturated heterocycles. The highest BCUT2D eigenvalue weighted by atomic mass is 79.9. The van der Waals surface area contributed by atoms with Crippen molar-refractivity contribution in [2.24, 2.45) is 11.8 Å². The van der Waals surface area contributed by atoms with Crippen LogP contribution < -0.4 is 0 Å². The zero-order chi connectivity index (χ0) is 19.8. The first-order valence-electron chi connectivity index (χ1n) is 9.01. The Kier molecular flexibility index (Phi) is 5.51. The molecule has 1 N–H and O–H groups in total. The van der Waals surface area contributed by atoms with Crippen LogP contribution in [0.2, 0.25) is 0 Å². The molecule has 6 nitrogen and oxygen atoms in total. The van der Waals surface area contributed by atoms with E-state index in [1.807, 2.05) is 45.0 Å². The number of ether oxygens (including phenoxy) is 1. The molecule has 1 aliphatic rings. The molecule has 0 aliphatic carbocycles. The molecule has 2 atom stereocenters. The van der Waals surface area contributed by atoms with Crippen molar-refractivity contribution in [2.45, 2.75) is 39.2 Å². The second-order valence-corrected chi connectivity index (χ2v) is 8.93. The zero-order valence-electron chi connectivity index (χ0n) is 15.7. The van der Waals surface area contributed by atoms with E-state index in [1.165, 1.54) is 0 Å². The molecule has 1 aromatic heterocycles. The van der Waals surface area contributed by atoms with Crippen LogP contribution in [-0.2, 0) is 16.0 Å². The summed E-state index contributed by atoms with van der Waals surface area (Å²) in [5.41, 5.74) is 0.170. The van der Waals surface area contributed by atoms with E-state index in [-0.39, 0.29) is 12.0 Å². The van der Waals surface area contributed by atoms with E-state index in [0.717, 1.165) is 15.4 Å². The van der Waals surface area contributed by atoms with Gasteiger partial charge in [-0.3, -0.25) is 4.79 Å². The first-order chi connectivity index (χ1) is 12.6. The van der Waals surface area contributed by atoms with Crippen molar-refractivity contribution in [3.8, 4) is 0 Å². The van der Waals surface area contributed by atoms with Gasteiger partial charge in [-0.1, -0.05) is 15.9 Å². The predicted molar refractivity (Wildman–Crippen MR) is 105 cm³/mol. The first-order valence-corrected chi connectivity index (χ1v) is 9.80. The van der Waals surface area contributed by atoms with Gasteiger partial charge in [-0.15, -0.1) is 0 Å². The number of nitrogens with zero attached hydrogens (tertiary/aromatic N) is 1. The topological polar surface area (TPSA) is 80.0 Å². The molecular weight excluding hydrogens is 414 g/mol. The van der Waals surface area contributed by atoms with Crippen molar-refractivity contribution < 1.29 is 23.8 Å². The maximum absolute atomic E-state index is 12.2. The minimum absolute atomic E-state index is 0.130. The van der Waals surface area contributed by atoms with Gasteiger partial charge in [0, 0.05) is 29.4 Å². The van der Waals surface area contributed by atoms with Gasteiger partial charge in [0.25, 0.3) is 0 Å². The highest BCUT2D eigenvalue weighted by Crippen LogP contribution is 2.31. The van der Waals surface area contributed by atoms with Crippen LogP contribution in [0.3, 0.4) is 0 Å². The number of carboxylic acids is 1. The number of carboxylic acid groups (broad SMARTS) is 1. The van der Waals surface area contributed by atoms with Crippen LogP contribution >= 0.6 is 15.9 Å². The lowest BCUT2D eigenvalue weighted by molar-refractivity contribution is -0.143. The molecule has 0 radical (unpaired) electrons. The number of carbonyl (C=O) groups is 2. The molecule has 1 aliphatic heterocycles. The van der Waals surface area contributed by atoms with Gasteiger partial charge in [0.15, 0.2) is 0 Å². The number of carbonyl (C=O) groups excluding carboxylic acids is 1. The summed E-state index contributed by atoms with van der Waals surface area (Å²) in [5.74, 6) is -0.963. The van der Waals surface area contributed by atoms with Gasteiger partial charge >= 0.3 is 12.1 Å². The summed E-state index contributed by atoms with van der Waals surface area (Å²) in [6.45, 7) is 6.35. The highest BCUT2D eigenvalue weighted by Gasteiger charge is 2.37. The number of furan rings is 1. The molecule has 146 valence electrons. The zero-order valence-corrected chi connectivity index (χ0v) is 17.3. The number of halogens is 1. The largest absolute Gasteiger partial charge is 0.481 e. The maximum Gasteiger partial charge on any atom is 0.410 e. The standard InChI is InChI=1S/C20H24BrNO5/c1-20(2,3)27-19(25)22-7-6-12(11-22)16(18(23)24)10-15-9-13-8-14(21)4-5-17(13)26-15/h4-5,8-9,12,16H,6-7,10-11H2,1-3H3,(H,23,24)/t12-,16-/m0/s1. The molecule has 1 amide bonds. The van der Waals surface area contributed by atoms with Crippen LogP contribution in [0.25, 0.3) is 11.0 Å². The summed E-state index contributed by atoms with van der Waals surface area (Å²) in [7, 11) is 0. The van der Waals surface area contributed by atoms with E-state index in [4.69, 9.17) is 9.15 Å².